The Morgan fingerprint density at radius 2 is 1.27 bits per heavy atom. The van der Waals surface area contributed by atoms with E-state index in [0.717, 1.165) is 44.5 Å². The first-order chi connectivity index (χ1) is 23.6. The van der Waals surface area contributed by atoms with Crippen molar-refractivity contribution in [2.75, 3.05) is 0 Å². The molecule has 7 aromatic rings. The number of hydrogen-bond acceptors (Lipinski definition) is 4. The maximum Gasteiger partial charge on any atom is 0.231 e. The Bertz CT molecular complexity index is 2220. The van der Waals surface area contributed by atoms with Crippen molar-refractivity contribution in [2.24, 2.45) is 0 Å². The van der Waals surface area contributed by atoms with E-state index >= 15 is 0 Å². The second kappa shape index (κ2) is 13.4. The third-order valence-corrected chi connectivity index (χ3v) is 9.63. The number of aryl methyl sites for hydroxylation is 2. The molecule has 5 aromatic carbocycles. The largest absolute Gasteiger partial charge is 0.507 e. The van der Waals surface area contributed by atoms with E-state index in [4.69, 9.17) is 14.4 Å². The van der Waals surface area contributed by atoms with Crippen LogP contribution in [0, 0.1) is 0 Å². The Kier molecular flexibility index (Phi) is 8.81. The fraction of sp³-hybridized carbons (Fsp3) is 0.244. The lowest BCUT2D eigenvalue weighted by molar-refractivity contribution is 0.467. The zero-order valence-corrected chi connectivity index (χ0v) is 29.3. The highest BCUT2D eigenvalue weighted by Gasteiger charge is 2.20. The topological polar surface area (TPSA) is 59.2 Å². The number of aromatic hydroxyl groups is 1. The molecule has 0 fully saturated rings. The number of benzene rings is 5. The molecule has 0 amide bonds. The lowest BCUT2D eigenvalue weighted by Crippen LogP contribution is -2.00. The molecule has 2 heterocycles. The van der Waals surface area contributed by atoms with Crippen LogP contribution in [0.3, 0.4) is 0 Å². The molecule has 0 radical (unpaired) electrons. The zero-order chi connectivity index (χ0) is 34.2. The van der Waals surface area contributed by atoms with Gasteiger partial charge in [0.1, 0.15) is 11.3 Å². The van der Waals surface area contributed by atoms with Gasteiger partial charge in [-0.1, -0.05) is 120 Å². The fourth-order valence-corrected chi connectivity index (χ4v) is 6.61. The van der Waals surface area contributed by atoms with Crippen LogP contribution in [0.15, 0.2) is 114 Å². The number of hydrogen-bond donors (Lipinski definition) is 1. The molecule has 0 saturated heterocycles. The molecule has 0 unspecified atom stereocenters. The third-order valence-electron chi connectivity index (χ3n) is 9.63. The minimum Gasteiger partial charge on any atom is -0.507 e. The zero-order valence-electron chi connectivity index (χ0n) is 29.3. The summed E-state index contributed by atoms with van der Waals surface area (Å²) in [5.74, 6) is 1.82. The van der Waals surface area contributed by atoms with Crippen molar-refractivity contribution in [2.45, 2.75) is 72.1 Å². The molecule has 4 heteroatoms. The van der Waals surface area contributed by atoms with Gasteiger partial charge in [-0.2, -0.15) is 0 Å². The number of pyridine rings is 1. The molecule has 2 aromatic heterocycles. The summed E-state index contributed by atoms with van der Waals surface area (Å²) in [6.07, 6.45) is 1.26. The van der Waals surface area contributed by atoms with Crippen LogP contribution in [0.4, 0.5) is 0 Å². The molecule has 246 valence electrons. The van der Waals surface area contributed by atoms with E-state index in [1.165, 1.54) is 22.1 Å². The second-order valence-corrected chi connectivity index (χ2v) is 14.2. The molecule has 49 heavy (non-hydrogen) atoms. The van der Waals surface area contributed by atoms with Gasteiger partial charge in [-0.3, -0.25) is 4.98 Å². The fourth-order valence-electron chi connectivity index (χ4n) is 6.61. The normalized spacial score (nSPS) is 11.9. The molecule has 0 spiro atoms. The Morgan fingerprint density at radius 1 is 0.592 bits per heavy atom. The molecule has 0 saturated carbocycles. The number of phenols is 1. The van der Waals surface area contributed by atoms with Crippen LogP contribution in [-0.4, -0.2) is 15.1 Å². The second-order valence-electron chi connectivity index (χ2n) is 14.2. The Balaban J connectivity index is 1.35. The smallest absolute Gasteiger partial charge is 0.231 e. The van der Waals surface area contributed by atoms with Crippen molar-refractivity contribution >= 4 is 21.9 Å². The SMILES string of the molecule is CC(C)c1cc(-c2cc(CCc3cc4cc(C(C)C)ccc4c(-c4ccccc4)n3)c(O)c(-c3nc4ccccc4o3)c2)cc(C(C)C)c1. The highest BCUT2D eigenvalue weighted by atomic mass is 16.3. The Hall–Kier alpha value is -5.22. The number of para-hydroxylation sites is 2. The molecule has 0 atom stereocenters. The lowest BCUT2D eigenvalue weighted by Gasteiger charge is -2.17. The lowest BCUT2D eigenvalue weighted by atomic mass is 9.89. The van der Waals surface area contributed by atoms with Crippen LogP contribution in [0.25, 0.3) is 55.7 Å². The van der Waals surface area contributed by atoms with Crippen LogP contribution >= 0.6 is 0 Å². The van der Waals surface area contributed by atoms with E-state index in [9.17, 15) is 5.11 Å². The van der Waals surface area contributed by atoms with Gasteiger partial charge in [-0.25, -0.2) is 4.98 Å². The van der Waals surface area contributed by atoms with E-state index < -0.39 is 0 Å². The Morgan fingerprint density at radius 3 is 1.96 bits per heavy atom. The van der Waals surface area contributed by atoms with Crippen molar-refractivity contribution in [1.29, 1.82) is 0 Å². The van der Waals surface area contributed by atoms with Gasteiger partial charge in [0.25, 0.3) is 0 Å². The van der Waals surface area contributed by atoms with Gasteiger partial charge in [-0.05, 0) is 99.7 Å². The minimum absolute atomic E-state index is 0.200. The molecule has 0 aliphatic rings. The number of fused-ring (bicyclic) bond motifs is 2. The van der Waals surface area contributed by atoms with Crippen molar-refractivity contribution in [3.63, 3.8) is 0 Å². The van der Waals surface area contributed by atoms with Gasteiger partial charge >= 0.3 is 0 Å². The number of rotatable bonds is 9. The molecule has 4 nitrogen and oxygen atoms in total. The summed E-state index contributed by atoms with van der Waals surface area (Å²) in [5, 5.41) is 14.2. The van der Waals surface area contributed by atoms with Gasteiger partial charge < -0.3 is 9.52 Å². The summed E-state index contributed by atoms with van der Waals surface area (Å²) < 4.78 is 6.23. The summed E-state index contributed by atoms with van der Waals surface area (Å²) >= 11 is 0. The van der Waals surface area contributed by atoms with Crippen LogP contribution in [0.1, 0.15) is 87.2 Å². The van der Waals surface area contributed by atoms with Crippen molar-refractivity contribution in [3.05, 3.63) is 137 Å². The molecule has 1 N–H and O–H groups in total. The molecule has 7 rings (SSSR count). The van der Waals surface area contributed by atoms with E-state index in [2.05, 4.69) is 114 Å². The minimum atomic E-state index is 0.200. The summed E-state index contributed by atoms with van der Waals surface area (Å²) in [6, 6.07) is 38.2. The first-order valence-electron chi connectivity index (χ1n) is 17.5. The highest BCUT2D eigenvalue weighted by Crippen LogP contribution is 2.40. The van der Waals surface area contributed by atoms with Crippen molar-refractivity contribution in [3.8, 4) is 39.6 Å². The van der Waals surface area contributed by atoms with Crippen LogP contribution < -0.4 is 0 Å². The van der Waals surface area contributed by atoms with Crippen molar-refractivity contribution in [1.82, 2.24) is 9.97 Å². The quantitative estimate of drug-likeness (QED) is 0.170. The van der Waals surface area contributed by atoms with Crippen LogP contribution in [0.5, 0.6) is 5.75 Å². The van der Waals surface area contributed by atoms with Crippen LogP contribution in [0.2, 0.25) is 0 Å². The van der Waals surface area contributed by atoms with Gasteiger partial charge in [0.15, 0.2) is 5.58 Å². The number of aromatic nitrogens is 2. The standard InChI is InChI=1S/C45H44N2O2/c1-27(2)31-17-19-39-37(20-31)25-38(46-43(39)30-12-8-7-9-13-30)18-16-32-21-36(35-23-33(28(3)4)22-34(24-35)29(5)6)26-40(44(32)48)45-47-41-14-10-11-15-42(41)49-45/h7-15,17,19-29,48H,16,18H2,1-6H3. The summed E-state index contributed by atoms with van der Waals surface area (Å²) in [5.41, 5.74) is 12.1. The molecular weight excluding hydrogens is 601 g/mol. The maximum atomic E-state index is 11.9. The first-order valence-corrected chi connectivity index (χ1v) is 17.5. The monoisotopic (exact) mass is 644 g/mol. The molecular formula is C45H44N2O2. The number of oxazole rings is 1. The van der Waals surface area contributed by atoms with Crippen LogP contribution in [-0.2, 0) is 12.8 Å². The first kappa shape index (κ1) is 32.3. The van der Waals surface area contributed by atoms with E-state index in [1.54, 1.807) is 0 Å². The molecule has 0 bridgehead atoms. The average molecular weight is 645 g/mol. The summed E-state index contributed by atoms with van der Waals surface area (Å²) in [7, 11) is 0. The summed E-state index contributed by atoms with van der Waals surface area (Å²) in [4.78, 5) is 10.0. The Labute approximate surface area is 289 Å². The molecule has 0 aliphatic carbocycles. The predicted octanol–water partition coefficient (Wildman–Crippen LogP) is 12.2. The van der Waals surface area contributed by atoms with E-state index in [0.29, 0.717) is 47.6 Å². The van der Waals surface area contributed by atoms with Gasteiger partial charge in [0.2, 0.25) is 5.89 Å². The average Bonchev–Trinajstić information content (AvgIpc) is 3.55. The maximum absolute atomic E-state index is 11.9. The number of nitrogens with zero attached hydrogens (tertiary/aromatic N) is 2. The number of phenolic OH excluding ortho intramolecular Hbond substituents is 1. The van der Waals surface area contributed by atoms with Crippen molar-refractivity contribution < 1.29 is 9.52 Å². The predicted molar refractivity (Wildman–Crippen MR) is 203 cm³/mol. The van der Waals surface area contributed by atoms with Gasteiger partial charge in [0, 0.05) is 16.6 Å². The van der Waals surface area contributed by atoms with Gasteiger partial charge in [-0.15, -0.1) is 0 Å². The third kappa shape index (κ3) is 6.61. The molecule has 0 aliphatic heterocycles. The summed E-state index contributed by atoms with van der Waals surface area (Å²) in [6.45, 7) is 13.4. The van der Waals surface area contributed by atoms with E-state index in [-0.39, 0.29) is 5.75 Å². The highest BCUT2D eigenvalue weighted by molar-refractivity contribution is 5.95. The van der Waals surface area contributed by atoms with E-state index in [1.807, 2.05) is 36.4 Å². The van der Waals surface area contributed by atoms with Gasteiger partial charge in [0.05, 0.1) is 11.3 Å².